The Labute approximate surface area is 347 Å². The van der Waals surface area contributed by atoms with Crippen molar-refractivity contribution in [1.82, 2.24) is 0 Å². The number of hydrogen-bond acceptors (Lipinski definition) is 5. The quantitative estimate of drug-likeness (QED) is 0.0351. The molecule has 1 atom stereocenters. The predicted octanol–water partition coefficient (Wildman–Crippen LogP) is 15.6. The number of esters is 2. The largest absolute Gasteiger partial charge is 0.462 e. The van der Waals surface area contributed by atoms with Crippen LogP contribution in [-0.2, 0) is 23.8 Å². The number of hydrogen-bond donors (Lipinski definition) is 0. The summed E-state index contributed by atoms with van der Waals surface area (Å²) < 4.78 is 17.3. The second-order valence-corrected chi connectivity index (χ2v) is 15.3. The lowest BCUT2D eigenvalue weighted by Crippen LogP contribution is -2.30. The molecule has 0 aliphatic heterocycles. The molecule has 0 bridgehead atoms. The molecule has 0 aromatic carbocycles. The fraction of sp³-hybridized carbons (Fsp3) is 0.725. The maximum absolute atomic E-state index is 12.7. The maximum atomic E-state index is 12.7. The van der Waals surface area contributed by atoms with Gasteiger partial charge in [0.25, 0.3) is 0 Å². The van der Waals surface area contributed by atoms with E-state index in [1.807, 2.05) is 0 Å². The van der Waals surface area contributed by atoms with E-state index in [0.717, 1.165) is 96.3 Å². The van der Waals surface area contributed by atoms with Crippen LogP contribution in [0.3, 0.4) is 0 Å². The fourth-order valence-electron chi connectivity index (χ4n) is 6.17. The maximum Gasteiger partial charge on any atom is 0.306 e. The summed E-state index contributed by atoms with van der Waals surface area (Å²) >= 11 is 0. The minimum atomic E-state index is -0.553. The standard InChI is InChI=1S/C51H88O5/c1-4-7-10-13-16-19-22-24-25-26-27-28-30-32-35-38-41-44-50(52)55-48-49(47-54-46-43-40-37-34-31-23-20-17-14-11-8-5-2)56-51(53)45-42-39-36-33-29-21-18-15-12-9-6-3/h7,10,14-19,24-25,27-28,49H,4-6,8-9,11-13,20-23,26,29-48H2,1-3H3/b10-7-,17-14-,18-15-,19-16-,25-24-,28-27-. The molecule has 322 valence electrons. The van der Waals surface area contributed by atoms with Crippen molar-refractivity contribution < 1.29 is 23.8 Å². The van der Waals surface area contributed by atoms with Gasteiger partial charge in [0.05, 0.1) is 6.61 Å². The molecule has 0 saturated carbocycles. The van der Waals surface area contributed by atoms with E-state index < -0.39 is 6.10 Å². The van der Waals surface area contributed by atoms with Gasteiger partial charge in [-0.3, -0.25) is 9.59 Å². The Morgan fingerprint density at radius 2 is 0.804 bits per heavy atom. The zero-order valence-electron chi connectivity index (χ0n) is 36.9. The monoisotopic (exact) mass is 781 g/mol. The molecule has 56 heavy (non-hydrogen) atoms. The highest BCUT2D eigenvalue weighted by Gasteiger charge is 2.17. The molecule has 0 N–H and O–H groups in total. The highest BCUT2D eigenvalue weighted by molar-refractivity contribution is 5.70. The van der Waals surface area contributed by atoms with Crippen LogP contribution in [0.4, 0.5) is 0 Å². The van der Waals surface area contributed by atoms with Crippen LogP contribution in [0.5, 0.6) is 0 Å². The number of carbonyl (C=O) groups excluding carboxylic acids is 2. The summed E-state index contributed by atoms with van der Waals surface area (Å²) in [5.41, 5.74) is 0. The van der Waals surface area contributed by atoms with Crippen molar-refractivity contribution in [3.63, 3.8) is 0 Å². The second kappa shape index (κ2) is 46.7. The minimum Gasteiger partial charge on any atom is -0.462 e. The van der Waals surface area contributed by atoms with Crippen LogP contribution < -0.4 is 0 Å². The van der Waals surface area contributed by atoms with E-state index in [-0.39, 0.29) is 25.2 Å². The summed E-state index contributed by atoms with van der Waals surface area (Å²) in [5.74, 6) is -0.441. The van der Waals surface area contributed by atoms with Crippen LogP contribution in [0.25, 0.3) is 0 Å². The van der Waals surface area contributed by atoms with Crippen molar-refractivity contribution in [1.29, 1.82) is 0 Å². The topological polar surface area (TPSA) is 61.8 Å². The van der Waals surface area contributed by atoms with Crippen molar-refractivity contribution in [3.05, 3.63) is 72.9 Å². The van der Waals surface area contributed by atoms with Crippen LogP contribution >= 0.6 is 0 Å². The molecule has 0 aromatic heterocycles. The van der Waals surface area contributed by atoms with E-state index >= 15 is 0 Å². The highest BCUT2D eigenvalue weighted by Crippen LogP contribution is 2.12. The molecule has 0 heterocycles. The Morgan fingerprint density at radius 3 is 1.30 bits per heavy atom. The number of ether oxygens (including phenoxy) is 3. The van der Waals surface area contributed by atoms with Crippen molar-refractivity contribution in [3.8, 4) is 0 Å². The fourth-order valence-corrected chi connectivity index (χ4v) is 6.17. The summed E-state index contributed by atoms with van der Waals surface area (Å²) in [4.78, 5) is 25.3. The van der Waals surface area contributed by atoms with Gasteiger partial charge in [0.1, 0.15) is 6.61 Å². The lowest BCUT2D eigenvalue weighted by Gasteiger charge is -2.18. The predicted molar refractivity (Wildman–Crippen MR) is 242 cm³/mol. The summed E-state index contributed by atoms with van der Waals surface area (Å²) in [7, 11) is 0. The number of carbonyl (C=O) groups is 2. The summed E-state index contributed by atoms with van der Waals surface area (Å²) in [6.45, 7) is 7.59. The van der Waals surface area contributed by atoms with Crippen LogP contribution in [0.15, 0.2) is 72.9 Å². The van der Waals surface area contributed by atoms with Gasteiger partial charge in [0.15, 0.2) is 6.10 Å². The molecule has 0 aliphatic carbocycles. The van der Waals surface area contributed by atoms with Crippen molar-refractivity contribution in [2.45, 2.75) is 219 Å². The molecular formula is C51H88O5. The average molecular weight is 781 g/mol. The minimum absolute atomic E-state index is 0.0646. The highest BCUT2D eigenvalue weighted by atomic mass is 16.6. The summed E-state index contributed by atoms with van der Waals surface area (Å²) in [5, 5.41) is 0. The van der Waals surface area contributed by atoms with Crippen LogP contribution in [0.1, 0.15) is 213 Å². The lowest BCUT2D eigenvalue weighted by atomic mass is 10.1. The second-order valence-electron chi connectivity index (χ2n) is 15.3. The van der Waals surface area contributed by atoms with Gasteiger partial charge in [-0.2, -0.15) is 0 Å². The summed E-state index contributed by atoms with van der Waals surface area (Å²) in [6, 6.07) is 0. The Hall–Kier alpha value is -2.66. The molecule has 0 rings (SSSR count). The average Bonchev–Trinajstić information content (AvgIpc) is 3.20. The van der Waals surface area contributed by atoms with Gasteiger partial charge in [-0.25, -0.2) is 0 Å². The Balaban J connectivity index is 4.30. The Morgan fingerprint density at radius 1 is 0.411 bits per heavy atom. The van der Waals surface area contributed by atoms with Gasteiger partial charge in [-0.05, 0) is 96.3 Å². The number of unbranched alkanes of at least 4 members (excludes halogenated alkanes) is 19. The Bertz CT molecular complexity index is 1020. The van der Waals surface area contributed by atoms with Gasteiger partial charge >= 0.3 is 11.9 Å². The van der Waals surface area contributed by atoms with Crippen LogP contribution in [0, 0.1) is 0 Å². The SMILES string of the molecule is CC/C=C\C/C=C\C/C=C\C/C=C\CCCCCCC(=O)OCC(COCCCCCCCC/C=C\CCCC)OC(=O)CCCCCCC/C=C\CCCC. The number of allylic oxidation sites excluding steroid dienone is 12. The molecule has 0 fully saturated rings. The molecule has 5 nitrogen and oxygen atoms in total. The van der Waals surface area contributed by atoms with Gasteiger partial charge in [0.2, 0.25) is 0 Å². The molecule has 0 radical (unpaired) electrons. The zero-order chi connectivity index (χ0) is 40.7. The van der Waals surface area contributed by atoms with E-state index in [4.69, 9.17) is 14.2 Å². The number of rotatable bonds is 42. The van der Waals surface area contributed by atoms with Gasteiger partial charge in [0, 0.05) is 19.4 Å². The lowest BCUT2D eigenvalue weighted by molar-refractivity contribution is -0.163. The van der Waals surface area contributed by atoms with Crippen molar-refractivity contribution in [2.75, 3.05) is 19.8 Å². The van der Waals surface area contributed by atoms with E-state index in [1.165, 1.54) is 83.5 Å². The third-order valence-corrected chi connectivity index (χ3v) is 9.70. The molecule has 5 heteroatoms. The van der Waals surface area contributed by atoms with Crippen molar-refractivity contribution in [2.24, 2.45) is 0 Å². The van der Waals surface area contributed by atoms with E-state index in [0.29, 0.717) is 19.4 Å². The first-order valence-corrected chi connectivity index (χ1v) is 23.5. The molecule has 0 amide bonds. The van der Waals surface area contributed by atoms with Crippen LogP contribution in [0.2, 0.25) is 0 Å². The van der Waals surface area contributed by atoms with Gasteiger partial charge in [-0.1, -0.05) is 177 Å². The molecule has 0 saturated heterocycles. The van der Waals surface area contributed by atoms with E-state index in [1.54, 1.807) is 0 Å². The van der Waals surface area contributed by atoms with Gasteiger partial charge < -0.3 is 14.2 Å². The zero-order valence-corrected chi connectivity index (χ0v) is 36.9. The smallest absolute Gasteiger partial charge is 0.306 e. The first-order valence-electron chi connectivity index (χ1n) is 23.5. The molecule has 0 aromatic rings. The van der Waals surface area contributed by atoms with Gasteiger partial charge in [-0.15, -0.1) is 0 Å². The molecule has 0 aliphatic rings. The van der Waals surface area contributed by atoms with E-state index in [9.17, 15) is 9.59 Å². The Kier molecular flexibility index (Phi) is 44.5. The van der Waals surface area contributed by atoms with E-state index in [2.05, 4.69) is 93.7 Å². The first-order chi connectivity index (χ1) is 27.6. The van der Waals surface area contributed by atoms with Crippen LogP contribution in [-0.4, -0.2) is 37.9 Å². The van der Waals surface area contributed by atoms with Crippen molar-refractivity contribution >= 4 is 11.9 Å². The third kappa shape index (κ3) is 44.1. The molecular weight excluding hydrogens is 693 g/mol. The summed E-state index contributed by atoms with van der Waals surface area (Å²) in [6.07, 6.45) is 59.0. The third-order valence-electron chi connectivity index (χ3n) is 9.70. The first kappa shape index (κ1) is 53.3. The molecule has 1 unspecified atom stereocenters. The normalized spacial score (nSPS) is 12.8. The molecule has 0 spiro atoms.